The lowest BCUT2D eigenvalue weighted by atomic mass is 10.0. The number of amides is 2. The molecule has 3 N–H and O–H groups in total. The van der Waals surface area contributed by atoms with Crippen molar-refractivity contribution in [2.24, 2.45) is 11.7 Å². The van der Waals surface area contributed by atoms with Crippen molar-refractivity contribution < 1.29 is 14.3 Å². The molecule has 6 heteroatoms. The van der Waals surface area contributed by atoms with Gasteiger partial charge in [-0.05, 0) is 56.2 Å². The third-order valence-corrected chi connectivity index (χ3v) is 4.91. The van der Waals surface area contributed by atoms with Gasteiger partial charge in [0.2, 0.25) is 11.8 Å². The molecule has 1 aliphatic rings. The van der Waals surface area contributed by atoms with Gasteiger partial charge >= 0.3 is 0 Å². The van der Waals surface area contributed by atoms with Crippen LogP contribution in [0.25, 0.3) is 0 Å². The molecular formula is C22H27N3O3. The Hall–Kier alpha value is -2.86. The van der Waals surface area contributed by atoms with Crippen molar-refractivity contribution in [1.82, 2.24) is 0 Å². The van der Waals surface area contributed by atoms with Crippen LogP contribution >= 0.6 is 0 Å². The van der Waals surface area contributed by atoms with Gasteiger partial charge in [0.05, 0.1) is 5.92 Å². The predicted octanol–water partition coefficient (Wildman–Crippen LogP) is 2.94. The van der Waals surface area contributed by atoms with E-state index in [-0.39, 0.29) is 24.2 Å². The smallest absolute Gasteiger partial charge is 0.229 e. The number of hydrogen-bond acceptors (Lipinski definition) is 4. The summed E-state index contributed by atoms with van der Waals surface area (Å²) in [5.41, 5.74) is 10.3. The molecule has 148 valence electrons. The van der Waals surface area contributed by atoms with Crippen LogP contribution < -0.4 is 20.7 Å². The van der Waals surface area contributed by atoms with E-state index in [1.54, 1.807) is 29.2 Å². The number of nitrogens with two attached hydrogens (primary N) is 1. The van der Waals surface area contributed by atoms with E-state index in [1.165, 1.54) is 5.56 Å². The number of nitrogens with one attached hydrogen (secondary N) is 1. The lowest BCUT2D eigenvalue weighted by Crippen LogP contribution is -2.29. The van der Waals surface area contributed by atoms with E-state index >= 15 is 0 Å². The summed E-state index contributed by atoms with van der Waals surface area (Å²) in [5, 5.41) is 2.90. The summed E-state index contributed by atoms with van der Waals surface area (Å²) in [4.78, 5) is 27.0. The van der Waals surface area contributed by atoms with E-state index in [2.05, 4.69) is 17.4 Å². The van der Waals surface area contributed by atoms with E-state index in [4.69, 9.17) is 10.5 Å². The van der Waals surface area contributed by atoms with Crippen molar-refractivity contribution in [3.8, 4) is 5.75 Å². The van der Waals surface area contributed by atoms with Gasteiger partial charge in [0.25, 0.3) is 0 Å². The quantitative estimate of drug-likeness (QED) is 0.806. The van der Waals surface area contributed by atoms with Crippen molar-refractivity contribution in [2.75, 3.05) is 29.9 Å². The van der Waals surface area contributed by atoms with Crippen LogP contribution in [0.3, 0.4) is 0 Å². The molecule has 2 aromatic rings. The minimum absolute atomic E-state index is 0.0132. The average Bonchev–Trinajstić information content (AvgIpc) is 3.02. The average molecular weight is 381 g/mol. The molecule has 0 saturated carbocycles. The van der Waals surface area contributed by atoms with E-state index in [0.29, 0.717) is 31.1 Å². The van der Waals surface area contributed by atoms with E-state index in [1.807, 2.05) is 20.8 Å². The topological polar surface area (TPSA) is 84.7 Å². The maximum atomic E-state index is 12.7. The van der Waals surface area contributed by atoms with Crippen LogP contribution in [0.5, 0.6) is 5.75 Å². The van der Waals surface area contributed by atoms with Gasteiger partial charge in [-0.1, -0.05) is 17.7 Å². The van der Waals surface area contributed by atoms with Gasteiger partial charge in [-0.25, -0.2) is 0 Å². The first-order chi connectivity index (χ1) is 13.4. The number of rotatable bonds is 6. The Morgan fingerprint density at radius 2 is 1.82 bits per heavy atom. The Morgan fingerprint density at radius 1 is 1.18 bits per heavy atom. The number of ether oxygens (including phenoxy) is 1. The predicted molar refractivity (Wildman–Crippen MR) is 111 cm³/mol. The molecule has 0 radical (unpaired) electrons. The number of carbonyl (C=O) groups is 2. The number of hydrogen-bond donors (Lipinski definition) is 2. The second kappa shape index (κ2) is 8.44. The fraction of sp³-hybridized carbons (Fsp3) is 0.364. The summed E-state index contributed by atoms with van der Waals surface area (Å²) >= 11 is 0. The summed E-state index contributed by atoms with van der Waals surface area (Å²) < 4.78 is 5.43. The summed E-state index contributed by atoms with van der Waals surface area (Å²) in [6.45, 7) is 7.34. The third-order valence-electron chi connectivity index (χ3n) is 4.91. The highest BCUT2D eigenvalue weighted by Crippen LogP contribution is 2.32. The second-order valence-electron chi connectivity index (χ2n) is 7.30. The van der Waals surface area contributed by atoms with Crippen molar-refractivity contribution in [1.29, 1.82) is 0 Å². The standard InChI is InChI=1S/C22H27N3O3/c1-14-10-15(2)21(16(3)11-14)25-13-17(12-20(25)26)22(27)24-18-4-6-19(7-5-18)28-9-8-23/h4-7,10-11,17H,8-9,12-13,23H2,1-3H3,(H,24,27). The minimum Gasteiger partial charge on any atom is -0.492 e. The summed E-state index contributed by atoms with van der Waals surface area (Å²) in [5.74, 6) is 0.173. The molecule has 0 aliphatic carbocycles. The molecular weight excluding hydrogens is 354 g/mol. The molecule has 1 unspecified atom stereocenters. The first kappa shape index (κ1) is 19.9. The highest BCUT2D eigenvalue weighted by atomic mass is 16.5. The van der Waals surface area contributed by atoms with Gasteiger partial charge < -0.3 is 20.7 Å². The van der Waals surface area contributed by atoms with E-state index < -0.39 is 0 Å². The summed E-state index contributed by atoms with van der Waals surface area (Å²) in [6, 6.07) is 11.3. The maximum Gasteiger partial charge on any atom is 0.229 e. The summed E-state index contributed by atoms with van der Waals surface area (Å²) in [7, 11) is 0. The number of anilines is 2. The van der Waals surface area contributed by atoms with Crippen molar-refractivity contribution in [3.05, 3.63) is 53.1 Å². The molecule has 1 fully saturated rings. The van der Waals surface area contributed by atoms with Gasteiger partial charge in [0.1, 0.15) is 12.4 Å². The van der Waals surface area contributed by atoms with Crippen LogP contribution in [-0.4, -0.2) is 31.5 Å². The summed E-state index contributed by atoms with van der Waals surface area (Å²) in [6.07, 6.45) is 0.219. The van der Waals surface area contributed by atoms with Gasteiger partial charge in [0.15, 0.2) is 0 Å². The van der Waals surface area contributed by atoms with Gasteiger partial charge in [-0.3, -0.25) is 9.59 Å². The number of benzene rings is 2. The van der Waals surface area contributed by atoms with Crippen molar-refractivity contribution in [2.45, 2.75) is 27.2 Å². The number of carbonyl (C=O) groups excluding carboxylic acids is 2. The molecule has 2 amide bonds. The number of nitrogens with zero attached hydrogens (tertiary/aromatic N) is 1. The molecule has 2 aromatic carbocycles. The van der Waals surface area contributed by atoms with Crippen LogP contribution in [0.15, 0.2) is 36.4 Å². The highest BCUT2D eigenvalue weighted by Gasteiger charge is 2.36. The monoisotopic (exact) mass is 381 g/mol. The molecule has 1 atom stereocenters. The maximum absolute atomic E-state index is 12.7. The molecule has 3 rings (SSSR count). The van der Waals surface area contributed by atoms with Crippen LogP contribution in [0.1, 0.15) is 23.1 Å². The highest BCUT2D eigenvalue weighted by molar-refractivity contribution is 6.04. The Bertz CT molecular complexity index is 854. The molecule has 0 spiro atoms. The normalized spacial score (nSPS) is 16.4. The Morgan fingerprint density at radius 3 is 2.43 bits per heavy atom. The van der Waals surface area contributed by atoms with Crippen LogP contribution in [0, 0.1) is 26.7 Å². The fourth-order valence-electron chi connectivity index (χ4n) is 3.75. The SMILES string of the molecule is Cc1cc(C)c(N2CC(C(=O)Nc3ccc(OCCN)cc3)CC2=O)c(C)c1. The lowest BCUT2D eigenvalue weighted by molar-refractivity contribution is -0.122. The third kappa shape index (κ3) is 4.34. The van der Waals surface area contributed by atoms with Crippen LogP contribution in [0.4, 0.5) is 11.4 Å². The van der Waals surface area contributed by atoms with E-state index in [0.717, 1.165) is 16.8 Å². The molecule has 0 bridgehead atoms. The van der Waals surface area contributed by atoms with Crippen molar-refractivity contribution in [3.63, 3.8) is 0 Å². The molecule has 1 heterocycles. The molecule has 0 aromatic heterocycles. The first-order valence-electron chi connectivity index (χ1n) is 9.51. The fourth-order valence-corrected chi connectivity index (χ4v) is 3.75. The zero-order valence-corrected chi connectivity index (χ0v) is 16.6. The molecule has 6 nitrogen and oxygen atoms in total. The first-order valence-corrected chi connectivity index (χ1v) is 9.51. The Balaban J connectivity index is 1.67. The van der Waals surface area contributed by atoms with Gasteiger partial charge in [-0.2, -0.15) is 0 Å². The van der Waals surface area contributed by atoms with Gasteiger partial charge in [0, 0.05) is 30.9 Å². The largest absolute Gasteiger partial charge is 0.492 e. The van der Waals surface area contributed by atoms with E-state index in [9.17, 15) is 9.59 Å². The molecule has 28 heavy (non-hydrogen) atoms. The van der Waals surface area contributed by atoms with Crippen LogP contribution in [-0.2, 0) is 9.59 Å². The lowest BCUT2D eigenvalue weighted by Gasteiger charge is -2.22. The molecule has 1 aliphatic heterocycles. The molecule has 1 saturated heterocycles. The van der Waals surface area contributed by atoms with Crippen LogP contribution in [0.2, 0.25) is 0 Å². The second-order valence-corrected chi connectivity index (χ2v) is 7.30. The Kier molecular flexibility index (Phi) is 5.99. The minimum atomic E-state index is -0.374. The number of aryl methyl sites for hydroxylation is 3. The zero-order chi connectivity index (χ0) is 20.3. The Labute approximate surface area is 165 Å². The van der Waals surface area contributed by atoms with Crippen molar-refractivity contribution >= 4 is 23.2 Å². The van der Waals surface area contributed by atoms with Gasteiger partial charge in [-0.15, -0.1) is 0 Å². The zero-order valence-electron chi connectivity index (χ0n) is 16.6.